The number of nitrogen functional groups attached to an aromatic ring is 1. The summed E-state index contributed by atoms with van der Waals surface area (Å²) in [6.45, 7) is 0.129. The Balaban J connectivity index is 2.17. The fourth-order valence-corrected chi connectivity index (χ4v) is 2.85. The highest BCUT2D eigenvalue weighted by Crippen LogP contribution is 2.11. The quantitative estimate of drug-likeness (QED) is 0.773. The second kappa shape index (κ2) is 4.90. The number of hydrogen-bond acceptors (Lipinski definition) is 5. The molecule has 0 aliphatic heterocycles. The molecule has 0 radical (unpaired) electrons. The van der Waals surface area contributed by atoms with Gasteiger partial charge in [0.2, 0.25) is 0 Å². The zero-order valence-corrected chi connectivity index (χ0v) is 11.3. The maximum Gasteiger partial charge on any atom is 0.310 e. The molecule has 0 fully saturated rings. The van der Waals surface area contributed by atoms with Gasteiger partial charge in [0, 0.05) is 4.70 Å². The second-order valence-corrected chi connectivity index (χ2v) is 5.30. The van der Waals surface area contributed by atoms with E-state index >= 15 is 0 Å². The minimum absolute atomic E-state index is 0.129. The lowest BCUT2D eigenvalue weighted by Crippen LogP contribution is -2.31. The van der Waals surface area contributed by atoms with Crippen molar-refractivity contribution in [3.63, 3.8) is 0 Å². The maximum atomic E-state index is 12.3. The van der Waals surface area contributed by atoms with Crippen molar-refractivity contribution in [2.45, 2.75) is 6.54 Å². The fraction of sp³-hybridized carbons (Fsp3) is 0.0714. The lowest BCUT2D eigenvalue weighted by Gasteiger charge is -2.05. The summed E-state index contributed by atoms with van der Waals surface area (Å²) in [5.74, 6) is 0.368. The Hall–Kier alpha value is -2.47. The zero-order valence-electron chi connectivity index (χ0n) is 10.4. The minimum atomic E-state index is -0.298. The molecule has 0 unspecified atom stereocenters. The van der Waals surface area contributed by atoms with Gasteiger partial charge in [0.1, 0.15) is 5.82 Å². The van der Waals surface area contributed by atoms with Crippen molar-refractivity contribution < 1.29 is 0 Å². The highest BCUT2D eigenvalue weighted by atomic mass is 32.1. The number of aromatic nitrogens is 2. The molecule has 2 heterocycles. The molecule has 1 aromatic carbocycles. The van der Waals surface area contributed by atoms with E-state index in [0.29, 0.717) is 21.6 Å². The van der Waals surface area contributed by atoms with Crippen molar-refractivity contribution in [1.29, 1.82) is 0 Å². The van der Waals surface area contributed by atoms with Crippen molar-refractivity contribution in [2.75, 3.05) is 5.73 Å². The molecule has 0 saturated heterocycles. The molecule has 100 valence electrons. The number of hydrogen-bond donors (Lipinski definition) is 1. The Kier molecular flexibility index (Phi) is 3.08. The van der Waals surface area contributed by atoms with Gasteiger partial charge in [-0.2, -0.15) is 0 Å². The van der Waals surface area contributed by atoms with Gasteiger partial charge in [0.25, 0.3) is 5.56 Å². The van der Waals surface area contributed by atoms with E-state index in [1.54, 1.807) is 36.4 Å². The summed E-state index contributed by atoms with van der Waals surface area (Å²) >= 11 is 1.05. The van der Waals surface area contributed by atoms with Crippen LogP contribution in [0.5, 0.6) is 0 Å². The molecule has 2 N–H and O–H groups in total. The lowest BCUT2D eigenvalue weighted by atomic mass is 10.3. The molecule has 0 saturated carbocycles. The monoisotopic (exact) mass is 285 g/mol. The van der Waals surface area contributed by atoms with Crippen molar-refractivity contribution in [2.24, 2.45) is 0 Å². The molecule has 3 rings (SSSR count). The summed E-state index contributed by atoms with van der Waals surface area (Å²) in [5.41, 5.74) is 5.90. The standard InChI is InChI=1S/C14H11N3O2S/c15-12-7-3-4-9(16-12)8-17-13(18)10-5-1-2-6-11(10)20-14(17)19/h1-7H,8H2,(H2,15,16). The Bertz CT molecular complexity index is 899. The van der Waals surface area contributed by atoms with Crippen LogP contribution in [0.25, 0.3) is 10.1 Å². The van der Waals surface area contributed by atoms with Gasteiger partial charge in [0.15, 0.2) is 0 Å². The van der Waals surface area contributed by atoms with Gasteiger partial charge >= 0.3 is 4.87 Å². The molecule has 2 aromatic heterocycles. The predicted octanol–water partition coefficient (Wildman–Crippen LogP) is 1.45. The van der Waals surface area contributed by atoms with Crippen LogP contribution in [0.2, 0.25) is 0 Å². The average molecular weight is 285 g/mol. The molecule has 0 aliphatic carbocycles. The van der Waals surface area contributed by atoms with Gasteiger partial charge in [0.05, 0.1) is 17.6 Å². The summed E-state index contributed by atoms with van der Waals surface area (Å²) in [6, 6.07) is 12.2. The summed E-state index contributed by atoms with van der Waals surface area (Å²) in [6.07, 6.45) is 0. The van der Waals surface area contributed by atoms with Crippen molar-refractivity contribution in [1.82, 2.24) is 9.55 Å². The number of rotatable bonds is 2. The molecule has 6 heteroatoms. The van der Waals surface area contributed by atoms with Gasteiger partial charge < -0.3 is 5.73 Å². The van der Waals surface area contributed by atoms with Crippen LogP contribution < -0.4 is 16.2 Å². The molecule has 0 atom stereocenters. The Morgan fingerprint density at radius 1 is 1.10 bits per heavy atom. The number of pyridine rings is 1. The predicted molar refractivity (Wildman–Crippen MR) is 80.1 cm³/mol. The van der Waals surface area contributed by atoms with Gasteiger partial charge in [-0.05, 0) is 24.3 Å². The lowest BCUT2D eigenvalue weighted by molar-refractivity contribution is 0.734. The van der Waals surface area contributed by atoms with Crippen LogP contribution in [-0.4, -0.2) is 9.55 Å². The molecular weight excluding hydrogens is 274 g/mol. The minimum Gasteiger partial charge on any atom is -0.384 e. The van der Waals surface area contributed by atoms with Crippen molar-refractivity contribution in [3.8, 4) is 0 Å². The third kappa shape index (κ3) is 2.21. The van der Waals surface area contributed by atoms with Crippen LogP contribution in [0.3, 0.4) is 0 Å². The maximum absolute atomic E-state index is 12.3. The van der Waals surface area contributed by atoms with E-state index in [-0.39, 0.29) is 17.0 Å². The van der Waals surface area contributed by atoms with Gasteiger partial charge in [-0.3, -0.25) is 14.2 Å². The van der Waals surface area contributed by atoms with Crippen molar-refractivity contribution >= 4 is 27.2 Å². The second-order valence-electron chi connectivity index (χ2n) is 4.31. The summed E-state index contributed by atoms with van der Waals surface area (Å²) in [4.78, 5) is 28.2. The zero-order chi connectivity index (χ0) is 14.1. The molecule has 20 heavy (non-hydrogen) atoms. The van der Waals surface area contributed by atoms with E-state index in [9.17, 15) is 9.59 Å². The first-order valence-corrected chi connectivity index (χ1v) is 6.81. The Labute approximate surface area is 117 Å². The number of nitrogens with zero attached hydrogens (tertiary/aromatic N) is 2. The normalized spacial score (nSPS) is 10.8. The highest BCUT2D eigenvalue weighted by Gasteiger charge is 2.08. The molecule has 0 amide bonds. The molecule has 0 aliphatic rings. The average Bonchev–Trinajstić information content (AvgIpc) is 2.43. The first-order valence-electron chi connectivity index (χ1n) is 5.99. The van der Waals surface area contributed by atoms with E-state index in [1.165, 1.54) is 4.57 Å². The first kappa shape index (κ1) is 12.6. The van der Waals surface area contributed by atoms with Crippen molar-refractivity contribution in [3.05, 3.63) is 68.2 Å². The largest absolute Gasteiger partial charge is 0.384 e. The van der Waals surface area contributed by atoms with Crippen LogP contribution in [0.15, 0.2) is 52.1 Å². The third-order valence-electron chi connectivity index (χ3n) is 2.93. The van der Waals surface area contributed by atoms with E-state index < -0.39 is 0 Å². The fourth-order valence-electron chi connectivity index (χ4n) is 1.99. The first-order chi connectivity index (χ1) is 9.65. The smallest absolute Gasteiger partial charge is 0.310 e. The third-order valence-corrected chi connectivity index (χ3v) is 3.90. The summed E-state index contributed by atoms with van der Waals surface area (Å²) in [5, 5.41) is 0.543. The number of benzene rings is 1. The van der Waals surface area contributed by atoms with E-state index in [4.69, 9.17) is 5.73 Å². The van der Waals surface area contributed by atoms with Gasteiger partial charge in [-0.25, -0.2) is 4.98 Å². The van der Waals surface area contributed by atoms with Crippen LogP contribution in [0.4, 0.5) is 5.82 Å². The van der Waals surface area contributed by atoms with Crippen LogP contribution in [-0.2, 0) is 6.54 Å². The molecular formula is C14H11N3O2S. The molecule has 3 aromatic rings. The van der Waals surface area contributed by atoms with Gasteiger partial charge in [-0.15, -0.1) is 0 Å². The number of anilines is 1. The molecule has 5 nitrogen and oxygen atoms in total. The van der Waals surface area contributed by atoms with E-state index in [1.807, 2.05) is 6.07 Å². The van der Waals surface area contributed by atoms with Gasteiger partial charge in [-0.1, -0.05) is 29.5 Å². The van der Waals surface area contributed by atoms with E-state index in [0.717, 1.165) is 11.3 Å². The summed E-state index contributed by atoms with van der Waals surface area (Å²) < 4.78 is 1.88. The Morgan fingerprint density at radius 2 is 1.90 bits per heavy atom. The highest BCUT2D eigenvalue weighted by molar-refractivity contribution is 7.16. The van der Waals surface area contributed by atoms with Crippen LogP contribution in [0, 0.1) is 0 Å². The topological polar surface area (TPSA) is 78.0 Å². The van der Waals surface area contributed by atoms with Crippen LogP contribution >= 0.6 is 11.3 Å². The molecule has 0 bridgehead atoms. The number of fused-ring (bicyclic) bond motifs is 1. The van der Waals surface area contributed by atoms with Crippen LogP contribution in [0.1, 0.15) is 5.69 Å². The SMILES string of the molecule is Nc1cccc(Cn2c(=O)sc3ccccc3c2=O)n1. The molecule has 0 spiro atoms. The Morgan fingerprint density at radius 3 is 2.70 bits per heavy atom. The van der Waals surface area contributed by atoms with E-state index in [2.05, 4.69) is 4.98 Å². The summed E-state index contributed by atoms with van der Waals surface area (Å²) in [7, 11) is 0. The number of nitrogens with two attached hydrogens (primary N) is 1.